The van der Waals surface area contributed by atoms with Crippen LogP contribution in [0.3, 0.4) is 0 Å². The van der Waals surface area contributed by atoms with Crippen molar-refractivity contribution in [3.63, 3.8) is 0 Å². The van der Waals surface area contributed by atoms with Crippen molar-refractivity contribution in [2.75, 3.05) is 5.32 Å². The lowest BCUT2D eigenvalue weighted by molar-refractivity contribution is 0.162. The fourth-order valence-corrected chi connectivity index (χ4v) is 3.69. The highest BCUT2D eigenvalue weighted by Gasteiger charge is 2.31. The smallest absolute Gasteiger partial charge is 0.315 e. The average molecular weight is 358 g/mol. The zero-order valence-corrected chi connectivity index (χ0v) is 15.4. The third kappa shape index (κ3) is 4.27. The lowest BCUT2D eigenvalue weighted by Gasteiger charge is -2.35. The molecule has 2 aromatic rings. The summed E-state index contributed by atoms with van der Waals surface area (Å²) in [7, 11) is 0. The van der Waals surface area contributed by atoms with Crippen LogP contribution in [0.15, 0.2) is 48.5 Å². The largest absolute Gasteiger partial charge is 0.322 e. The average Bonchev–Trinajstić information content (AvgIpc) is 3.23. The first kappa shape index (κ1) is 18.5. The summed E-state index contributed by atoms with van der Waals surface area (Å²) in [6.45, 7) is 2.01. The van der Waals surface area contributed by atoms with Crippen LogP contribution in [0, 0.1) is 22.7 Å². The standard InChI is InChI=1S/C22H22N4O/c1-16(19-6-4-5-18(13-19)15-24)26(21-7-2-3-8-21)22(27)25-20-11-9-17(14-23)10-12-20/h4-6,9-13,16,21H,2-3,7-8H2,1H3,(H,25,27)/t16-/m0/s1. The highest BCUT2D eigenvalue weighted by molar-refractivity contribution is 5.90. The van der Waals surface area contributed by atoms with Crippen molar-refractivity contribution in [2.24, 2.45) is 0 Å². The predicted molar refractivity (Wildman–Crippen MR) is 104 cm³/mol. The highest BCUT2D eigenvalue weighted by Crippen LogP contribution is 2.32. The van der Waals surface area contributed by atoms with Crippen molar-refractivity contribution in [2.45, 2.75) is 44.7 Å². The van der Waals surface area contributed by atoms with Gasteiger partial charge in [-0.05, 0) is 61.7 Å². The maximum Gasteiger partial charge on any atom is 0.322 e. The molecule has 1 atom stereocenters. The van der Waals surface area contributed by atoms with Crippen LogP contribution in [-0.2, 0) is 0 Å². The van der Waals surface area contributed by atoms with Crippen molar-refractivity contribution in [3.05, 3.63) is 65.2 Å². The number of hydrogen-bond donors (Lipinski definition) is 1. The van der Waals surface area contributed by atoms with E-state index >= 15 is 0 Å². The molecule has 2 aromatic carbocycles. The lowest BCUT2D eigenvalue weighted by atomic mass is 10.0. The van der Waals surface area contributed by atoms with Crippen molar-refractivity contribution in [1.29, 1.82) is 10.5 Å². The van der Waals surface area contributed by atoms with Gasteiger partial charge in [0.05, 0.1) is 29.3 Å². The molecule has 5 heteroatoms. The number of hydrogen-bond acceptors (Lipinski definition) is 3. The zero-order valence-electron chi connectivity index (χ0n) is 15.4. The molecule has 1 aliphatic rings. The number of carbonyl (C=O) groups is 1. The molecule has 27 heavy (non-hydrogen) atoms. The molecule has 1 fully saturated rings. The molecule has 1 saturated carbocycles. The van der Waals surface area contributed by atoms with Crippen molar-refractivity contribution in [3.8, 4) is 12.1 Å². The van der Waals surface area contributed by atoms with Gasteiger partial charge in [0.1, 0.15) is 0 Å². The summed E-state index contributed by atoms with van der Waals surface area (Å²) in [6, 6.07) is 18.4. The minimum Gasteiger partial charge on any atom is -0.315 e. The Kier molecular flexibility index (Phi) is 5.74. The summed E-state index contributed by atoms with van der Waals surface area (Å²) in [5.74, 6) is 0. The molecular formula is C22H22N4O. The summed E-state index contributed by atoms with van der Waals surface area (Å²) < 4.78 is 0. The Morgan fingerprint density at radius 2 is 1.74 bits per heavy atom. The second kappa shape index (κ2) is 8.38. The van der Waals surface area contributed by atoms with Gasteiger partial charge in [-0.25, -0.2) is 4.79 Å². The molecule has 0 spiro atoms. The third-order valence-electron chi connectivity index (χ3n) is 5.13. The van der Waals surface area contributed by atoms with Crippen molar-refractivity contribution < 1.29 is 4.79 Å². The molecule has 0 saturated heterocycles. The Labute approximate surface area is 159 Å². The number of nitrogens with one attached hydrogen (secondary N) is 1. The fraction of sp³-hybridized carbons (Fsp3) is 0.318. The van der Waals surface area contributed by atoms with E-state index in [0.717, 1.165) is 31.2 Å². The molecule has 136 valence electrons. The number of urea groups is 1. The van der Waals surface area contributed by atoms with E-state index in [4.69, 9.17) is 5.26 Å². The molecule has 0 heterocycles. The first-order valence-electron chi connectivity index (χ1n) is 9.22. The molecule has 1 N–H and O–H groups in total. The van der Waals surface area contributed by atoms with Gasteiger partial charge in [-0.1, -0.05) is 25.0 Å². The van der Waals surface area contributed by atoms with E-state index in [0.29, 0.717) is 16.8 Å². The molecule has 5 nitrogen and oxygen atoms in total. The highest BCUT2D eigenvalue weighted by atomic mass is 16.2. The molecule has 0 unspecified atom stereocenters. The quantitative estimate of drug-likeness (QED) is 0.838. The second-order valence-electron chi connectivity index (χ2n) is 6.88. The van der Waals surface area contributed by atoms with Gasteiger partial charge in [0.15, 0.2) is 0 Å². The predicted octanol–water partition coefficient (Wildman–Crippen LogP) is 4.97. The zero-order chi connectivity index (χ0) is 19.2. The van der Waals surface area contributed by atoms with Crippen LogP contribution in [-0.4, -0.2) is 17.0 Å². The molecule has 0 aromatic heterocycles. The Hall–Kier alpha value is -3.31. The van der Waals surface area contributed by atoms with E-state index in [-0.39, 0.29) is 18.1 Å². The van der Waals surface area contributed by atoms with Gasteiger partial charge in [0, 0.05) is 11.7 Å². The Morgan fingerprint density at radius 1 is 1.07 bits per heavy atom. The van der Waals surface area contributed by atoms with E-state index in [1.807, 2.05) is 30.0 Å². The Bertz CT molecular complexity index is 886. The summed E-state index contributed by atoms with van der Waals surface area (Å²) in [6.07, 6.45) is 4.22. The second-order valence-corrected chi connectivity index (χ2v) is 6.88. The summed E-state index contributed by atoms with van der Waals surface area (Å²) in [4.78, 5) is 15.0. The number of benzene rings is 2. The van der Waals surface area contributed by atoms with Gasteiger partial charge < -0.3 is 10.2 Å². The molecular weight excluding hydrogens is 336 g/mol. The normalized spacial score (nSPS) is 14.8. The summed E-state index contributed by atoms with van der Waals surface area (Å²) in [5.41, 5.74) is 2.77. The van der Waals surface area contributed by atoms with Crippen LogP contribution in [0.4, 0.5) is 10.5 Å². The van der Waals surface area contributed by atoms with Crippen LogP contribution in [0.2, 0.25) is 0 Å². The monoisotopic (exact) mass is 358 g/mol. The van der Waals surface area contributed by atoms with E-state index in [1.165, 1.54) is 0 Å². The molecule has 1 aliphatic carbocycles. The first-order valence-corrected chi connectivity index (χ1v) is 9.22. The van der Waals surface area contributed by atoms with Crippen molar-refractivity contribution in [1.82, 2.24) is 4.90 Å². The summed E-state index contributed by atoms with van der Waals surface area (Å²) in [5, 5.41) is 21.1. The number of nitriles is 2. The van der Waals surface area contributed by atoms with Crippen LogP contribution in [0.25, 0.3) is 0 Å². The van der Waals surface area contributed by atoms with Crippen LogP contribution < -0.4 is 5.32 Å². The molecule has 0 bridgehead atoms. The van der Waals surface area contributed by atoms with Crippen LogP contribution in [0.1, 0.15) is 55.3 Å². The molecule has 2 amide bonds. The minimum absolute atomic E-state index is 0.139. The van der Waals surface area contributed by atoms with Gasteiger partial charge in [0.2, 0.25) is 0 Å². The SMILES string of the molecule is C[C@@H](c1cccc(C#N)c1)N(C(=O)Nc1ccc(C#N)cc1)C1CCCC1. The van der Waals surface area contributed by atoms with E-state index in [2.05, 4.69) is 17.5 Å². The van der Waals surface area contributed by atoms with E-state index in [1.54, 1.807) is 30.3 Å². The minimum atomic E-state index is -0.151. The summed E-state index contributed by atoms with van der Waals surface area (Å²) >= 11 is 0. The lowest BCUT2D eigenvalue weighted by Crippen LogP contribution is -2.43. The Morgan fingerprint density at radius 3 is 2.37 bits per heavy atom. The number of rotatable bonds is 4. The van der Waals surface area contributed by atoms with E-state index in [9.17, 15) is 10.1 Å². The third-order valence-corrected chi connectivity index (χ3v) is 5.13. The molecule has 0 radical (unpaired) electrons. The van der Waals surface area contributed by atoms with E-state index < -0.39 is 0 Å². The van der Waals surface area contributed by atoms with Gasteiger partial charge >= 0.3 is 6.03 Å². The van der Waals surface area contributed by atoms with Gasteiger partial charge in [-0.2, -0.15) is 10.5 Å². The fourth-order valence-electron chi connectivity index (χ4n) is 3.69. The first-order chi connectivity index (χ1) is 13.1. The molecule has 0 aliphatic heterocycles. The van der Waals surface area contributed by atoms with Gasteiger partial charge in [0.25, 0.3) is 0 Å². The number of nitrogens with zero attached hydrogens (tertiary/aromatic N) is 3. The topological polar surface area (TPSA) is 79.9 Å². The van der Waals surface area contributed by atoms with Crippen LogP contribution in [0.5, 0.6) is 0 Å². The van der Waals surface area contributed by atoms with Crippen molar-refractivity contribution >= 4 is 11.7 Å². The molecule has 3 rings (SSSR count). The number of carbonyl (C=O) groups excluding carboxylic acids is 1. The van der Waals surface area contributed by atoms with Gasteiger partial charge in [-0.3, -0.25) is 0 Å². The number of anilines is 1. The Balaban J connectivity index is 1.84. The maximum atomic E-state index is 13.1. The maximum absolute atomic E-state index is 13.1. The number of amides is 2. The van der Waals surface area contributed by atoms with Gasteiger partial charge in [-0.15, -0.1) is 0 Å². The van der Waals surface area contributed by atoms with Crippen LogP contribution >= 0.6 is 0 Å².